The summed E-state index contributed by atoms with van der Waals surface area (Å²) < 4.78 is 16.0. The van der Waals surface area contributed by atoms with Crippen LogP contribution in [0.2, 0.25) is 0 Å². The molecule has 0 aromatic heterocycles. The Morgan fingerprint density at radius 3 is 2.60 bits per heavy atom. The number of hydrogen-bond acceptors (Lipinski definition) is 6. The summed E-state index contributed by atoms with van der Waals surface area (Å²) in [5.41, 5.74) is 0.174. The third-order valence-electron chi connectivity index (χ3n) is 6.48. The van der Waals surface area contributed by atoms with Crippen molar-refractivity contribution < 1.29 is 28.6 Å². The number of hydrogen-bond donors (Lipinski definition) is 1. The summed E-state index contributed by atoms with van der Waals surface area (Å²) in [6, 6.07) is 16.2. The van der Waals surface area contributed by atoms with E-state index in [1.165, 1.54) is 4.90 Å². The van der Waals surface area contributed by atoms with Gasteiger partial charge in [0.2, 0.25) is 12.7 Å². The average molecular weight is 476 g/mol. The van der Waals surface area contributed by atoms with Gasteiger partial charge in [0.05, 0.1) is 7.11 Å². The molecule has 4 amide bonds. The predicted octanol–water partition coefficient (Wildman–Crippen LogP) is 3.00. The summed E-state index contributed by atoms with van der Waals surface area (Å²) in [5, 5.41) is 4.78. The van der Waals surface area contributed by atoms with Crippen LogP contribution in [0.5, 0.6) is 17.2 Å². The SMILES string of the molecule is COc1ccc2cc(CN(C)C(=O)CN3C(=O)N[C@@](C)(c4ccc5c(c4)OCO5)C3=O)ccc2c1. The Bertz CT molecular complexity index is 1360. The van der Waals surface area contributed by atoms with Crippen LogP contribution in [0.4, 0.5) is 4.79 Å². The smallest absolute Gasteiger partial charge is 0.325 e. The molecule has 3 aromatic carbocycles. The van der Waals surface area contributed by atoms with Crippen molar-refractivity contribution in [1.82, 2.24) is 15.1 Å². The molecule has 9 heteroatoms. The summed E-state index contributed by atoms with van der Waals surface area (Å²) in [5.74, 6) is 1.02. The fourth-order valence-corrected chi connectivity index (χ4v) is 4.36. The third-order valence-corrected chi connectivity index (χ3v) is 6.48. The van der Waals surface area contributed by atoms with E-state index < -0.39 is 17.5 Å². The molecule has 0 radical (unpaired) electrons. The Labute approximate surface area is 202 Å². The normalized spacial score (nSPS) is 18.7. The molecule has 0 spiro atoms. The van der Waals surface area contributed by atoms with Crippen LogP contribution in [0.1, 0.15) is 18.1 Å². The van der Waals surface area contributed by atoms with E-state index in [9.17, 15) is 14.4 Å². The molecule has 2 aliphatic heterocycles. The fourth-order valence-electron chi connectivity index (χ4n) is 4.36. The zero-order valence-electron chi connectivity index (χ0n) is 19.7. The standard InChI is InChI=1S/C26H25N3O6/c1-26(19-7-9-21-22(12-19)35-15-34-21)24(31)29(25(32)27-26)14-23(30)28(2)13-16-4-5-18-11-20(33-3)8-6-17(18)10-16/h4-12H,13-15H2,1-3H3,(H,27,32)/t26-/m0/s1. The maximum atomic E-state index is 13.2. The lowest BCUT2D eigenvalue weighted by molar-refractivity contribution is -0.138. The first-order valence-corrected chi connectivity index (χ1v) is 11.1. The fraction of sp³-hybridized carbons (Fsp3) is 0.269. The summed E-state index contributed by atoms with van der Waals surface area (Å²) >= 11 is 0. The zero-order valence-corrected chi connectivity index (χ0v) is 19.7. The molecule has 180 valence electrons. The van der Waals surface area contributed by atoms with Gasteiger partial charge in [-0.3, -0.25) is 14.5 Å². The average Bonchev–Trinajstić information content (AvgIpc) is 3.41. The summed E-state index contributed by atoms with van der Waals surface area (Å²) in [4.78, 5) is 41.3. The van der Waals surface area contributed by atoms with Crippen molar-refractivity contribution in [2.24, 2.45) is 0 Å². The minimum absolute atomic E-state index is 0.105. The van der Waals surface area contributed by atoms with E-state index in [0.29, 0.717) is 23.6 Å². The highest BCUT2D eigenvalue weighted by Crippen LogP contribution is 2.37. The van der Waals surface area contributed by atoms with E-state index in [0.717, 1.165) is 27.0 Å². The van der Waals surface area contributed by atoms with E-state index in [2.05, 4.69) is 5.32 Å². The summed E-state index contributed by atoms with van der Waals surface area (Å²) in [6.07, 6.45) is 0. The van der Waals surface area contributed by atoms with Gasteiger partial charge in [-0.15, -0.1) is 0 Å². The first kappa shape index (κ1) is 22.5. The number of amides is 4. The van der Waals surface area contributed by atoms with Crippen molar-refractivity contribution in [2.75, 3.05) is 27.5 Å². The lowest BCUT2D eigenvalue weighted by atomic mass is 9.91. The number of likely N-dealkylation sites (N-methyl/N-ethyl adjacent to an activating group) is 1. The van der Waals surface area contributed by atoms with Gasteiger partial charge in [-0.25, -0.2) is 4.79 Å². The molecular weight excluding hydrogens is 450 g/mol. The van der Waals surface area contributed by atoms with Gasteiger partial charge in [-0.1, -0.05) is 24.3 Å². The Hall–Kier alpha value is -4.27. The quantitative estimate of drug-likeness (QED) is 0.551. The van der Waals surface area contributed by atoms with Crippen molar-refractivity contribution in [3.63, 3.8) is 0 Å². The van der Waals surface area contributed by atoms with Gasteiger partial charge in [-0.05, 0) is 59.2 Å². The second kappa shape index (κ2) is 8.50. The molecular formula is C26H25N3O6. The highest BCUT2D eigenvalue weighted by atomic mass is 16.7. The number of benzene rings is 3. The highest BCUT2D eigenvalue weighted by molar-refractivity contribution is 6.09. The lowest BCUT2D eigenvalue weighted by Gasteiger charge is -2.23. The lowest BCUT2D eigenvalue weighted by Crippen LogP contribution is -2.43. The Balaban J connectivity index is 1.28. The van der Waals surface area contributed by atoms with Crippen LogP contribution in [0.15, 0.2) is 54.6 Å². The molecule has 0 saturated carbocycles. The Morgan fingerprint density at radius 2 is 1.80 bits per heavy atom. The van der Waals surface area contributed by atoms with Gasteiger partial charge in [0.25, 0.3) is 5.91 Å². The van der Waals surface area contributed by atoms with Crippen molar-refractivity contribution >= 4 is 28.6 Å². The maximum Gasteiger partial charge on any atom is 0.325 e. The van der Waals surface area contributed by atoms with Gasteiger partial charge in [-0.2, -0.15) is 0 Å². The number of fused-ring (bicyclic) bond motifs is 2. The van der Waals surface area contributed by atoms with Crippen LogP contribution in [0.3, 0.4) is 0 Å². The zero-order chi connectivity index (χ0) is 24.7. The molecule has 2 heterocycles. The molecule has 0 bridgehead atoms. The highest BCUT2D eigenvalue weighted by Gasteiger charge is 2.50. The number of rotatable bonds is 6. The Morgan fingerprint density at radius 1 is 1.06 bits per heavy atom. The molecule has 3 aromatic rings. The van der Waals surface area contributed by atoms with Gasteiger partial charge in [0.1, 0.15) is 17.8 Å². The van der Waals surface area contributed by atoms with E-state index in [1.54, 1.807) is 39.3 Å². The van der Waals surface area contributed by atoms with Crippen LogP contribution in [0.25, 0.3) is 10.8 Å². The topological polar surface area (TPSA) is 97.4 Å². The summed E-state index contributed by atoms with van der Waals surface area (Å²) in [6.45, 7) is 1.70. The number of urea groups is 1. The Kier molecular flexibility index (Phi) is 5.47. The molecule has 1 N–H and O–H groups in total. The number of carbonyl (C=O) groups is 3. The first-order chi connectivity index (χ1) is 16.8. The van der Waals surface area contributed by atoms with Crippen LogP contribution in [-0.2, 0) is 21.7 Å². The molecule has 9 nitrogen and oxygen atoms in total. The van der Waals surface area contributed by atoms with E-state index in [-0.39, 0.29) is 19.2 Å². The van der Waals surface area contributed by atoms with Gasteiger partial charge in [0, 0.05) is 13.6 Å². The molecule has 1 saturated heterocycles. The van der Waals surface area contributed by atoms with E-state index in [1.807, 2.05) is 36.4 Å². The van der Waals surface area contributed by atoms with Gasteiger partial charge in [0.15, 0.2) is 11.5 Å². The molecule has 0 aliphatic carbocycles. The third kappa shape index (κ3) is 3.99. The number of nitrogens with one attached hydrogen (secondary N) is 1. The van der Waals surface area contributed by atoms with E-state index >= 15 is 0 Å². The van der Waals surface area contributed by atoms with Crippen LogP contribution in [0, 0.1) is 0 Å². The van der Waals surface area contributed by atoms with Crippen LogP contribution < -0.4 is 19.5 Å². The largest absolute Gasteiger partial charge is 0.497 e. The first-order valence-electron chi connectivity index (χ1n) is 11.1. The summed E-state index contributed by atoms with van der Waals surface area (Å²) in [7, 11) is 3.27. The second-order valence-electron chi connectivity index (χ2n) is 8.81. The predicted molar refractivity (Wildman–Crippen MR) is 127 cm³/mol. The van der Waals surface area contributed by atoms with Gasteiger partial charge >= 0.3 is 6.03 Å². The molecule has 1 atom stereocenters. The van der Waals surface area contributed by atoms with Crippen LogP contribution >= 0.6 is 0 Å². The molecule has 5 rings (SSSR count). The number of imide groups is 1. The molecule has 0 unspecified atom stereocenters. The number of carbonyl (C=O) groups excluding carboxylic acids is 3. The van der Waals surface area contributed by atoms with Gasteiger partial charge < -0.3 is 24.4 Å². The minimum atomic E-state index is -1.31. The van der Waals surface area contributed by atoms with Crippen LogP contribution in [-0.4, -0.2) is 55.1 Å². The molecule has 2 aliphatic rings. The monoisotopic (exact) mass is 475 g/mol. The number of nitrogens with zero attached hydrogens (tertiary/aromatic N) is 2. The number of methoxy groups -OCH3 is 1. The van der Waals surface area contributed by atoms with Crippen molar-refractivity contribution in [3.8, 4) is 17.2 Å². The maximum absolute atomic E-state index is 13.2. The van der Waals surface area contributed by atoms with Crippen molar-refractivity contribution in [1.29, 1.82) is 0 Å². The van der Waals surface area contributed by atoms with E-state index in [4.69, 9.17) is 14.2 Å². The van der Waals surface area contributed by atoms with Crippen molar-refractivity contribution in [3.05, 3.63) is 65.7 Å². The second-order valence-corrected chi connectivity index (χ2v) is 8.81. The molecule has 1 fully saturated rings. The minimum Gasteiger partial charge on any atom is -0.497 e. The van der Waals surface area contributed by atoms with Crippen molar-refractivity contribution in [2.45, 2.75) is 19.0 Å². The molecule has 35 heavy (non-hydrogen) atoms. The number of ether oxygens (including phenoxy) is 3.